The van der Waals surface area contributed by atoms with Crippen LogP contribution in [0.15, 0.2) is 109 Å². The minimum atomic E-state index is 0.201. The Hall–Kier alpha value is -3.32. The molecule has 0 aromatic heterocycles. The van der Waals surface area contributed by atoms with E-state index in [-0.39, 0.29) is 5.92 Å². The van der Waals surface area contributed by atoms with Crippen LogP contribution < -0.4 is 4.90 Å². The number of para-hydroxylation sites is 1. The Balaban J connectivity index is 1.81. The maximum absolute atomic E-state index is 2.36. The summed E-state index contributed by atoms with van der Waals surface area (Å²) in [5.74, 6) is 0.201. The predicted octanol–water partition coefficient (Wildman–Crippen LogP) is 6.81. The first-order chi connectivity index (χ1) is 14.2. The van der Waals surface area contributed by atoms with E-state index >= 15 is 0 Å². The summed E-state index contributed by atoms with van der Waals surface area (Å²) in [6.45, 7) is 3.09. The second-order valence-electron chi connectivity index (χ2n) is 7.60. The molecule has 4 aromatic rings. The minimum Gasteiger partial charge on any atom is -0.370 e. The van der Waals surface area contributed by atoms with E-state index < -0.39 is 0 Å². The predicted molar refractivity (Wildman–Crippen MR) is 124 cm³/mol. The molecular formula is C28H27N. The summed E-state index contributed by atoms with van der Waals surface area (Å²) >= 11 is 0. The van der Waals surface area contributed by atoms with Crippen LogP contribution in [0.25, 0.3) is 0 Å². The first kappa shape index (κ1) is 19.0. The van der Waals surface area contributed by atoms with Gasteiger partial charge in [0.2, 0.25) is 0 Å². The van der Waals surface area contributed by atoms with E-state index in [1.165, 1.54) is 33.5 Å². The smallest absolute Gasteiger partial charge is 0.0426 e. The maximum atomic E-state index is 2.36. The van der Waals surface area contributed by atoms with Gasteiger partial charge in [-0.2, -0.15) is 0 Å². The van der Waals surface area contributed by atoms with Crippen LogP contribution in [-0.2, 0) is 6.54 Å². The first-order valence-electron chi connectivity index (χ1n) is 10.2. The van der Waals surface area contributed by atoms with Crippen LogP contribution in [0.1, 0.15) is 33.7 Å². The van der Waals surface area contributed by atoms with Crippen LogP contribution in [-0.4, -0.2) is 7.05 Å². The van der Waals surface area contributed by atoms with Gasteiger partial charge in [0.05, 0.1) is 0 Å². The Kier molecular flexibility index (Phi) is 5.76. The molecule has 0 aliphatic heterocycles. The number of rotatable bonds is 6. The van der Waals surface area contributed by atoms with Gasteiger partial charge in [0.15, 0.2) is 0 Å². The van der Waals surface area contributed by atoms with Crippen molar-refractivity contribution in [3.8, 4) is 0 Å². The zero-order valence-electron chi connectivity index (χ0n) is 17.1. The summed E-state index contributed by atoms with van der Waals surface area (Å²) in [7, 11) is 2.19. The molecule has 0 bridgehead atoms. The van der Waals surface area contributed by atoms with E-state index in [1.54, 1.807) is 0 Å². The van der Waals surface area contributed by atoms with E-state index in [2.05, 4.69) is 128 Å². The van der Waals surface area contributed by atoms with Gasteiger partial charge in [-0.3, -0.25) is 0 Å². The Morgan fingerprint density at radius 1 is 0.621 bits per heavy atom. The highest BCUT2D eigenvalue weighted by Gasteiger charge is 2.22. The molecule has 0 spiro atoms. The Morgan fingerprint density at radius 2 is 1.17 bits per heavy atom. The normalized spacial score (nSPS) is 11.8. The van der Waals surface area contributed by atoms with Crippen molar-refractivity contribution in [2.24, 2.45) is 0 Å². The van der Waals surface area contributed by atoms with Crippen LogP contribution in [0.3, 0.4) is 0 Å². The van der Waals surface area contributed by atoms with Crippen LogP contribution in [0.4, 0.5) is 5.69 Å². The Bertz CT molecular complexity index is 1050. The lowest BCUT2D eigenvalue weighted by atomic mass is 9.82. The third-order valence-electron chi connectivity index (χ3n) is 5.55. The molecular weight excluding hydrogens is 350 g/mol. The second kappa shape index (κ2) is 8.79. The molecule has 1 unspecified atom stereocenters. The van der Waals surface area contributed by atoms with Crippen LogP contribution in [0.5, 0.6) is 0 Å². The Labute approximate surface area is 174 Å². The summed E-state index contributed by atoms with van der Waals surface area (Å²) in [6.07, 6.45) is 0. The topological polar surface area (TPSA) is 3.24 Å². The lowest BCUT2D eigenvalue weighted by molar-refractivity contribution is 0.886. The van der Waals surface area contributed by atoms with Gasteiger partial charge in [0.25, 0.3) is 0 Å². The molecule has 0 aliphatic carbocycles. The van der Waals surface area contributed by atoms with Crippen LogP contribution in [0, 0.1) is 6.92 Å². The zero-order valence-corrected chi connectivity index (χ0v) is 17.1. The van der Waals surface area contributed by atoms with E-state index in [4.69, 9.17) is 0 Å². The third kappa shape index (κ3) is 4.25. The van der Waals surface area contributed by atoms with Crippen molar-refractivity contribution in [2.45, 2.75) is 19.4 Å². The molecule has 1 heteroatoms. The molecule has 4 aromatic carbocycles. The van der Waals surface area contributed by atoms with Gasteiger partial charge in [-0.1, -0.05) is 103 Å². The minimum absolute atomic E-state index is 0.201. The van der Waals surface area contributed by atoms with Gasteiger partial charge in [0.1, 0.15) is 0 Å². The van der Waals surface area contributed by atoms with Crippen molar-refractivity contribution in [1.82, 2.24) is 0 Å². The molecule has 0 heterocycles. The molecule has 1 atom stereocenters. The fraction of sp³-hybridized carbons (Fsp3) is 0.143. The maximum Gasteiger partial charge on any atom is 0.0426 e. The Morgan fingerprint density at radius 3 is 1.86 bits per heavy atom. The van der Waals surface area contributed by atoms with Crippen molar-refractivity contribution < 1.29 is 0 Å². The number of hydrogen-bond donors (Lipinski definition) is 0. The summed E-state index contributed by atoms with van der Waals surface area (Å²) < 4.78 is 0. The molecule has 0 aliphatic rings. The highest BCUT2D eigenvalue weighted by atomic mass is 15.1. The van der Waals surface area contributed by atoms with Gasteiger partial charge < -0.3 is 4.90 Å². The van der Waals surface area contributed by atoms with Crippen molar-refractivity contribution in [2.75, 3.05) is 11.9 Å². The van der Waals surface area contributed by atoms with Crippen LogP contribution in [0.2, 0.25) is 0 Å². The fourth-order valence-electron chi connectivity index (χ4n) is 4.10. The first-order valence-corrected chi connectivity index (χ1v) is 10.2. The van der Waals surface area contributed by atoms with Crippen molar-refractivity contribution in [3.63, 3.8) is 0 Å². The van der Waals surface area contributed by atoms with Gasteiger partial charge >= 0.3 is 0 Å². The highest BCUT2D eigenvalue weighted by Crippen LogP contribution is 2.38. The van der Waals surface area contributed by atoms with Crippen molar-refractivity contribution >= 4 is 5.69 Å². The largest absolute Gasteiger partial charge is 0.370 e. The average Bonchev–Trinajstić information content (AvgIpc) is 2.77. The third-order valence-corrected chi connectivity index (χ3v) is 5.55. The number of aryl methyl sites for hydroxylation is 1. The highest BCUT2D eigenvalue weighted by molar-refractivity contribution is 5.61. The molecule has 144 valence electrons. The summed E-state index contributed by atoms with van der Waals surface area (Å²) in [4.78, 5) is 2.36. The molecule has 1 nitrogen and oxygen atoms in total. The molecule has 0 saturated carbocycles. The fourth-order valence-corrected chi connectivity index (χ4v) is 4.10. The molecule has 4 rings (SSSR count). The van der Waals surface area contributed by atoms with Crippen molar-refractivity contribution in [1.29, 1.82) is 0 Å². The second-order valence-corrected chi connectivity index (χ2v) is 7.60. The number of nitrogens with zero attached hydrogens (tertiary/aromatic N) is 1. The van der Waals surface area contributed by atoms with Gasteiger partial charge in [0, 0.05) is 25.2 Å². The summed E-state index contributed by atoms with van der Waals surface area (Å²) in [5, 5.41) is 0. The summed E-state index contributed by atoms with van der Waals surface area (Å²) in [5.41, 5.74) is 7.93. The number of benzene rings is 4. The molecule has 0 fully saturated rings. The lowest BCUT2D eigenvalue weighted by Crippen LogP contribution is -2.19. The summed E-state index contributed by atoms with van der Waals surface area (Å²) in [6, 6.07) is 39.1. The zero-order chi connectivity index (χ0) is 20.1. The lowest BCUT2D eigenvalue weighted by Gasteiger charge is -2.28. The van der Waals surface area contributed by atoms with Gasteiger partial charge in [-0.05, 0) is 40.8 Å². The molecule has 29 heavy (non-hydrogen) atoms. The van der Waals surface area contributed by atoms with Crippen LogP contribution >= 0.6 is 0 Å². The monoisotopic (exact) mass is 377 g/mol. The van der Waals surface area contributed by atoms with Crippen molar-refractivity contribution in [3.05, 3.63) is 137 Å². The SMILES string of the molecule is Cc1ccccc1C(c1ccccc1)c1ccccc1N(C)Cc1ccccc1. The standard InChI is InChI=1S/C28H27N/c1-22-13-9-10-18-25(22)28(24-16-7-4-8-17-24)26-19-11-12-20-27(26)29(2)21-23-14-5-3-6-15-23/h3-20,28H,21H2,1-2H3. The van der Waals surface area contributed by atoms with E-state index in [0.29, 0.717) is 0 Å². The molecule has 0 amide bonds. The average molecular weight is 378 g/mol. The quantitative estimate of drug-likeness (QED) is 0.334. The van der Waals surface area contributed by atoms with E-state index in [9.17, 15) is 0 Å². The number of hydrogen-bond acceptors (Lipinski definition) is 1. The van der Waals surface area contributed by atoms with Gasteiger partial charge in [-0.25, -0.2) is 0 Å². The molecule has 0 N–H and O–H groups in total. The molecule has 0 saturated heterocycles. The van der Waals surface area contributed by atoms with E-state index in [0.717, 1.165) is 6.54 Å². The molecule has 0 radical (unpaired) electrons. The van der Waals surface area contributed by atoms with Gasteiger partial charge in [-0.15, -0.1) is 0 Å². The number of anilines is 1. The van der Waals surface area contributed by atoms with E-state index in [1.807, 2.05) is 0 Å².